The van der Waals surface area contributed by atoms with E-state index in [-0.39, 0.29) is 24.0 Å². The van der Waals surface area contributed by atoms with Crippen LogP contribution in [0.15, 0.2) is 36.4 Å². The Morgan fingerprint density at radius 1 is 1.17 bits per heavy atom. The highest BCUT2D eigenvalue weighted by Crippen LogP contribution is 2.28. The molecule has 0 fully saturated rings. The van der Waals surface area contributed by atoms with Gasteiger partial charge in [0.25, 0.3) is 5.91 Å². The van der Waals surface area contributed by atoms with Crippen LogP contribution in [-0.2, 0) is 6.54 Å². The maximum atomic E-state index is 13.9. The molecule has 0 aliphatic rings. The summed E-state index contributed by atoms with van der Waals surface area (Å²) in [5.74, 6) is 0.541. The molecule has 7 nitrogen and oxygen atoms in total. The van der Waals surface area contributed by atoms with E-state index in [1.165, 1.54) is 10.7 Å². The Morgan fingerprint density at radius 2 is 1.97 bits per heavy atom. The van der Waals surface area contributed by atoms with Gasteiger partial charge >= 0.3 is 0 Å². The van der Waals surface area contributed by atoms with E-state index < -0.39 is 0 Å². The molecule has 2 aromatic carbocycles. The molecule has 1 aromatic heterocycles. The highest BCUT2D eigenvalue weighted by atomic mass is 19.1. The zero-order chi connectivity index (χ0) is 21.0. The Hall–Kier alpha value is -3.42. The number of carbonyl (C=O) groups is 1. The molecule has 0 bridgehead atoms. The van der Waals surface area contributed by atoms with Crippen molar-refractivity contribution >= 4 is 5.91 Å². The number of hydrogen-bond donors (Lipinski definition) is 1. The molecule has 0 atom stereocenters. The molecule has 0 aliphatic heterocycles. The molecule has 152 valence electrons. The van der Waals surface area contributed by atoms with Crippen molar-refractivity contribution in [1.82, 2.24) is 20.3 Å². The van der Waals surface area contributed by atoms with Crippen LogP contribution in [0.25, 0.3) is 5.69 Å². The fourth-order valence-electron chi connectivity index (χ4n) is 2.86. The number of methoxy groups -OCH3 is 1. The number of ether oxygens (including phenoxy) is 2. The number of carbonyl (C=O) groups excluding carboxylic acids is 1. The minimum atomic E-state index is -0.366. The molecule has 3 rings (SSSR count). The Bertz CT molecular complexity index is 1030. The standard InChI is InChI=1S/C21H23FN4O3/c1-5-29-19-10-15(7-9-18(19)28-4)12-23-21(27)20-14(3)26(25-24-20)16-8-6-13(2)17(22)11-16/h6-11H,5,12H2,1-4H3,(H,23,27). The van der Waals surface area contributed by atoms with Gasteiger partial charge in [0.2, 0.25) is 0 Å². The molecule has 0 spiro atoms. The zero-order valence-corrected chi connectivity index (χ0v) is 16.8. The smallest absolute Gasteiger partial charge is 0.274 e. The van der Waals surface area contributed by atoms with Gasteiger partial charge in [0.05, 0.1) is 25.1 Å². The molecular formula is C21H23FN4O3. The van der Waals surface area contributed by atoms with Crippen LogP contribution in [0.2, 0.25) is 0 Å². The maximum absolute atomic E-state index is 13.9. The summed E-state index contributed by atoms with van der Waals surface area (Å²) in [6, 6.07) is 10.2. The number of halogens is 1. The average molecular weight is 398 g/mol. The zero-order valence-electron chi connectivity index (χ0n) is 16.8. The van der Waals surface area contributed by atoms with E-state index in [1.807, 2.05) is 19.1 Å². The Kier molecular flexibility index (Phi) is 6.11. The second kappa shape index (κ2) is 8.72. The summed E-state index contributed by atoms with van der Waals surface area (Å²) in [7, 11) is 1.57. The molecule has 8 heteroatoms. The maximum Gasteiger partial charge on any atom is 0.274 e. The van der Waals surface area contributed by atoms with Crippen molar-refractivity contribution in [1.29, 1.82) is 0 Å². The minimum Gasteiger partial charge on any atom is -0.493 e. The van der Waals surface area contributed by atoms with Crippen molar-refractivity contribution < 1.29 is 18.7 Å². The van der Waals surface area contributed by atoms with Crippen molar-refractivity contribution in [2.75, 3.05) is 13.7 Å². The van der Waals surface area contributed by atoms with Gasteiger partial charge in [-0.3, -0.25) is 4.79 Å². The van der Waals surface area contributed by atoms with Gasteiger partial charge in [0.15, 0.2) is 17.2 Å². The summed E-state index contributed by atoms with van der Waals surface area (Å²) >= 11 is 0. The summed E-state index contributed by atoms with van der Waals surface area (Å²) in [5, 5.41) is 10.8. The molecule has 29 heavy (non-hydrogen) atoms. The SMILES string of the molecule is CCOc1cc(CNC(=O)c2nnn(-c3ccc(C)c(F)c3)c2C)ccc1OC. The second-order valence-electron chi connectivity index (χ2n) is 6.47. The number of benzene rings is 2. The Balaban J connectivity index is 1.74. The quantitative estimate of drug-likeness (QED) is 0.660. The predicted molar refractivity (Wildman–Crippen MR) is 106 cm³/mol. The highest BCUT2D eigenvalue weighted by molar-refractivity contribution is 5.93. The van der Waals surface area contributed by atoms with Crippen LogP contribution < -0.4 is 14.8 Å². The predicted octanol–water partition coefficient (Wildman–Crippen LogP) is 3.36. The van der Waals surface area contributed by atoms with Crippen molar-refractivity contribution in [2.45, 2.75) is 27.3 Å². The van der Waals surface area contributed by atoms with E-state index in [0.717, 1.165) is 5.56 Å². The van der Waals surface area contributed by atoms with Gasteiger partial charge in [-0.05, 0) is 56.2 Å². The summed E-state index contributed by atoms with van der Waals surface area (Å²) < 4.78 is 26.1. The molecule has 3 aromatic rings. The highest BCUT2D eigenvalue weighted by Gasteiger charge is 2.18. The van der Waals surface area contributed by atoms with Crippen molar-refractivity contribution in [3.05, 3.63) is 64.7 Å². The fraction of sp³-hybridized carbons (Fsp3) is 0.286. The lowest BCUT2D eigenvalue weighted by molar-refractivity contribution is 0.0945. The molecule has 0 radical (unpaired) electrons. The number of aryl methyl sites for hydroxylation is 1. The lowest BCUT2D eigenvalue weighted by atomic mass is 10.2. The molecule has 1 amide bonds. The van der Waals surface area contributed by atoms with Gasteiger partial charge in [-0.25, -0.2) is 9.07 Å². The number of nitrogens with zero attached hydrogens (tertiary/aromatic N) is 3. The summed E-state index contributed by atoms with van der Waals surface area (Å²) in [6.07, 6.45) is 0. The fourth-order valence-corrected chi connectivity index (χ4v) is 2.86. The van der Waals surface area contributed by atoms with Crippen LogP contribution >= 0.6 is 0 Å². The van der Waals surface area contributed by atoms with Crippen molar-refractivity contribution in [2.24, 2.45) is 0 Å². The molecule has 0 saturated heterocycles. The Labute approximate surface area is 168 Å². The first-order valence-corrected chi connectivity index (χ1v) is 9.21. The van der Waals surface area contributed by atoms with Crippen LogP contribution in [0.5, 0.6) is 11.5 Å². The third-order valence-electron chi connectivity index (χ3n) is 4.49. The van der Waals surface area contributed by atoms with Crippen LogP contribution in [0, 0.1) is 19.7 Å². The summed E-state index contributed by atoms with van der Waals surface area (Å²) in [6.45, 7) is 6.08. The lowest BCUT2D eigenvalue weighted by Crippen LogP contribution is -2.24. The van der Waals surface area contributed by atoms with E-state index in [4.69, 9.17) is 9.47 Å². The third-order valence-corrected chi connectivity index (χ3v) is 4.49. The van der Waals surface area contributed by atoms with Gasteiger partial charge in [-0.2, -0.15) is 0 Å². The summed E-state index contributed by atoms with van der Waals surface area (Å²) in [5.41, 5.74) is 2.61. The number of hydrogen-bond acceptors (Lipinski definition) is 5. The van der Waals surface area contributed by atoms with E-state index in [2.05, 4.69) is 15.6 Å². The van der Waals surface area contributed by atoms with Gasteiger partial charge in [-0.15, -0.1) is 5.10 Å². The number of amides is 1. The van der Waals surface area contributed by atoms with Gasteiger partial charge in [0, 0.05) is 6.54 Å². The third kappa shape index (κ3) is 4.37. The Morgan fingerprint density at radius 3 is 2.66 bits per heavy atom. The van der Waals surface area contributed by atoms with Crippen LogP contribution in [0.4, 0.5) is 4.39 Å². The first kappa shape index (κ1) is 20.3. The van der Waals surface area contributed by atoms with E-state index >= 15 is 0 Å². The van der Waals surface area contributed by atoms with Crippen molar-refractivity contribution in [3.8, 4) is 17.2 Å². The molecule has 1 heterocycles. The normalized spacial score (nSPS) is 10.7. The van der Waals surface area contributed by atoms with Crippen LogP contribution in [0.3, 0.4) is 0 Å². The van der Waals surface area contributed by atoms with E-state index in [0.29, 0.717) is 35.1 Å². The molecule has 1 N–H and O–H groups in total. The average Bonchev–Trinajstić information content (AvgIpc) is 3.10. The van der Waals surface area contributed by atoms with Crippen LogP contribution in [0.1, 0.15) is 34.2 Å². The monoisotopic (exact) mass is 398 g/mol. The second-order valence-corrected chi connectivity index (χ2v) is 6.47. The first-order valence-electron chi connectivity index (χ1n) is 9.21. The number of rotatable bonds is 7. The molecule has 0 saturated carbocycles. The largest absolute Gasteiger partial charge is 0.493 e. The molecule has 0 unspecified atom stereocenters. The topological polar surface area (TPSA) is 78.3 Å². The number of aromatic nitrogens is 3. The van der Waals surface area contributed by atoms with Gasteiger partial charge in [0.1, 0.15) is 5.82 Å². The van der Waals surface area contributed by atoms with E-state index in [1.54, 1.807) is 39.2 Å². The van der Waals surface area contributed by atoms with Crippen LogP contribution in [-0.4, -0.2) is 34.6 Å². The first-order chi connectivity index (χ1) is 13.9. The van der Waals surface area contributed by atoms with Gasteiger partial charge < -0.3 is 14.8 Å². The molecular weight excluding hydrogens is 375 g/mol. The minimum absolute atomic E-state index is 0.185. The van der Waals surface area contributed by atoms with E-state index in [9.17, 15) is 9.18 Å². The lowest BCUT2D eigenvalue weighted by Gasteiger charge is -2.11. The summed E-state index contributed by atoms with van der Waals surface area (Å²) in [4.78, 5) is 12.6. The van der Waals surface area contributed by atoms with Gasteiger partial charge in [-0.1, -0.05) is 17.3 Å². The number of nitrogens with one attached hydrogen (secondary N) is 1. The van der Waals surface area contributed by atoms with Crippen molar-refractivity contribution in [3.63, 3.8) is 0 Å². The molecule has 0 aliphatic carbocycles.